The van der Waals surface area contributed by atoms with Crippen LogP contribution in [0.5, 0.6) is 11.6 Å². The summed E-state index contributed by atoms with van der Waals surface area (Å²) in [6.07, 6.45) is 1.65. The van der Waals surface area contributed by atoms with Crippen molar-refractivity contribution < 1.29 is 19.4 Å². The zero-order valence-corrected chi connectivity index (χ0v) is 26.5. The average Bonchev–Trinajstić information content (AvgIpc) is 3.40. The molecule has 0 amide bonds. The van der Waals surface area contributed by atoms with Crippen LogP contribution in [0.1, 0.15) is 31.9 Å². The Morgan fingerprint density at radius 1 is 0.955 bits per heavy atom. The Morgan fingerprint density at radius 3 is 2.52 bits per heavy atom. The van der Waals surface area contributed by atoms with Gasteiger partial charge in [-0.2, -0.15) is 0 Å². The number of fused-ring (bicyclic) bond motifs is 2. The molecule has 1 N–H and O–H groups in total. The highest BCUT2D eigenvalue weighted by molar-refractivity contribution is 7.22. The maximum atomic E-state index is 12.0. The number of methoxy groups -OCH3 is 1. The van der Waals surface area contributed by atoms with Gasteiger partial charge in [0, 0.05) is 44.9 Å². The van der Waals surface area contributed by atoms with E-state index in [0.29, 0.717) is 16.7 Å². The molecule has 0 unspecified atom stereocenters. The average molecular weight is 624 g/mol. The summed E-state index contributed by atoms with van der Waals surface area (Å²) in [6.45, 7) is 7.83. The predicted molar refractivity (Wildman–Crippen MR) is 177 cm³/mol. The molecule has 0 radical (unpaired) electrons. The van der Waals surface area contributed by atoms with Gasteiger partial charge in [0.2, 0.25) is 5.88 Å². The zero-order valence-electron chi connectivity index (χ0n) is 24.9. The topological polar surface area (TPSA) is 94.4 Å². The van der Waals surface area contributed by atoms with E-state index in [1.807, 2.05) is 76.2 Å². The number of carboxylic acid groups (broad SMARTS) is 1. The lowest BCUT2D eigenvalue weighted by atomic mass is 9.92. The van der Waals surface area contributed by atoms with Gasteiger partial charge in [0.1, 0.15) is 16.4 Å². The highest BCUT2D eigenvalue weighted by Crippen LogP contribution is 2.45. The summed E-state index contributed by atoms with van der Waals surface area (Å²) < 4.78 is 12.5. The standard InChI is InChI=1S/C35H30ClN3O4S/c1-19-14-28-33(32(25(19)18-31(40)41)24-9-8-23(36)17-29(24)43-35(2,3)4)44-34(39-28)22-12-13-37-27(16-22)21-6-10-26-20(15-21)7-11-30(38-26)42-5/h6-17H,18H2,1-5H3,(H,40,41). The molecule has 3 aromatic heterocycles. The Hall–Kier alpha value is -4.53. The minimum Gasteiger partial charge on any atom is -0.487 e. The zero-order chi connectivity index (χ0) is 31.2. The van der Waals surface area contributed by atoms with Gasteiger partial charge in [0.15, 0.2) is 0 Å². The van der Waals surface area contributed by atoms with Crippen molar-refractivity contribution in [2.24, 2.45) is 0 Å². The number of thiazole rings is 1. The Bertz CT molecular complexity index is 2070. The number of rotatable bonds is 7. The van der Waals surface area contributed by atoms with E-state index in [1.54, 1.807) is 25.4 Å². The fourth-order valence-corrected chi connectivity index (χ4v) is 6.53. The lowest BCUT2D eigenvalue weighted by molar-refractivity contribution is -0.136. The van der Waals surface area contributed by atoms with Crippen molar-refractivity contribution in [1.29, 1.82) is 0 Å². The van der Waals surface area contributed by atoms with Gasteiger partial charge in [-0.1, -0.05) is 17.7 Å². The molecule has 0 spiro atoms. The van der Waals surface area contributed by atoms with Gasteiger partial charge < -0.3 is 14.6 Å². The molecule has 9 heteroatoms. The van der Waals surface area contributed by atoms with Crippen LogP contribution in [0.3, 0.4) is 0 Å². The summed E-state index contributed by atoms with van der Waals surface area (Å²) >= 11 is 7.92. The van der Waals surface area contributed by atoms with Crippen LogP contribution in [-0.2, 0) is 11.2 Å². The first-order valence-corrected chi connectivity index (χ1v) is 15.2. The van der Waals surface area contributed by atoms with E-state index in [-0.39, 0.29) is 6.42 Å². The van der Waals surface area contributed by atoms with Gasteiger partial charge in [-0.05, 0) is 93.4 Å². The molecule has 0 aliphatic heterocycles. The van der Waals surface area contributed by atoms with Crippen LogP contribution in [0.4, 0.5) is 0 Å². The molecule has 6 rings (SSSR count). The Morgan fingerprint density at radius 2 is 1.77 bits per heavy atom. The number of carbonyl (C=O) groups is 1. The third kappa shape index (κ3) is 5.96. The predicted octanol–water partition coefficient (Wildman–Crippen LogP) is 9.02. The lowest BCUT2D eigenvalue weighted by Gasteiger charge is -2.24. The number of benzene rings is 3. The number of aromatic nitrogens is 3. The molecule has 0 saturated heterocycles. The van der Waals surface area contributed by atoms with Gasteiger partial charge in [-0.15, -0.1) is 11.3 Å². The highest BCUT2D eigenvalue weighted by Gasteiger charge is 2.24. The second kappa shape index (κ2) is 11.5. The molecule has 0 bridgehead atoms. The molecule has 3 heterocycles. The van der Waals surface area contributed by atoms with E-state index in [0.717, 1.165) is 65.2 Å². The smallest absolute Gasteiger partial charge is 0.307 e. The first-order valence-electron chi connectivity index (χ1n) is 14.0. The second-order valence-corrected chi connectivity index (χ2v) is 13.0. The molecular weight excluding hydrogens is 594 g/mol. The maximum Gasteiger partial charge on any atom is 0.307 e. The van der Waals surface area contributed by atoms with Crippen molar-refractivity contribution in [3.8, 4) is 44.6 Å². The number of aliphatic carboxylic acids is 1. The summed E-state index contributed by atoms with van der Waals surface area (Å²) in [4.78, 5) is 26.2. The molecule has 0 aliphatic rings. The van der Waals surface area contributed by atoms with Crippen molar-refractivity contribution in [1.82, 2.24) is 15.0 Å². The SMILES string of the molecule is COc1ccc2cc(-c3cc(-c4nc5cc(C)c(CC(=O)O)c(-c6ccc(Cl)cc6OC(C)(C)C)c5s4)ccn3)ccc2n1. The van der Waals surface area contributed by atoms with Crippen molar-refractivity contribution >= 4 is 50.0 Å². The number of hydrogen-bond acceptors (Lipinski definition) is 7. The number of pyridine rings is 2. The van der Waals surface area contributed by atoms with Crippen LogP contribution in [0, 0.1) is 6.92 Å². The van der Waals surface area contributed by atoms with Gasteiger partial charge >= 0.3 is 5.97 Å². The molecule has 0 atom stereocenters. The maximum absolute atomic E-state index is 12.0. The third-order valence-corrected chi connectivity index (χ3v) is 8.52. The minimum absolute atomic E-state index is 0.135. The molecule has 0 aliphatic carbocycles. The van der Waals surface area contributed by atoms with Gasteiger partial charge in [-0.3, -0.25) is 9.78 Å². The number of ether oxygens (including phenoxy) is 2. The molecule has 7 nitrogen and oxygen atoms in total. The second-order valence-electron chi connectivity index (χ2n) is 11.5. The van der Waals surface area contributed by atoms with Gasteiger partial charge in [0.05, 0.1) is 35.0 Å². The van der Waals surface area contributed by atoms with Crippen molar-refractivity contribution in [2.45, 2.75) is 39.7 Å². The van der Waals surface area contributed by atoms with Crippen LogP contribution in [0.15, 0.2) is 72.9 Å². The summed E-state index contributed by atoms with van der Waals surface area (Å²) in [5.74, 6) is 0.250. The first-order chi connectivity index (χ1) is 21.0. The monoisotopic (exact) mass is 623 g/mol. The van der Waals surface area contributed by atoms with Crippen LogP contribution < -0.4 is 9.47 Å². The van der Waals surface area contributed by atoms with E-state index < -0.39 is 11.6 Å². The third-order valence-electron chi connectivity index (χ3n) is 7.14. The Balaban J connectivity index is 1.50. The summed E-state index contributed by atoms with van der Waals surface area (Å²) in [6, 6.07) is 21.3. The van der Waals surface area contributed by atoms with Crippen molar-refractivity contribution in [3.05, 3.63) is 89.1 Å². The molecule has 0 saturated carbocycles. The minimum atomic E-state index is -0.909. The number of nitrogens with zero attached hydrogens (tertiary/aromatic N) is 3. The quantitative estimate of drug-likeness (QED) is 0.190. The van der Waals surface area contributed by atoms with E-state index in [1.165, 1.54) is 11.3 Å². The van der Waals surface area contributed by atoms with E-state index >= 15 is 0 Å². The Labute approximate surface area is 264 Å². The van der Waals surface area contributed by atoms with E-state index in [2.05, 4.69) is 16.0 Å². The largest absolute Gasteiger partial charge is 0.487 e. The first kappa shape index (κ1) is 29.5. The number of carboxylic acids is 1. The summed E-state index contributed by atoms with van der Waals surface area (Å²) in [7, 11) is 1.60. The molecule has 222 valence electrons. The van der Waals surface area contributed by atoms with Crippen LogP contribution in [0.2, 0.25) is 5.02 Å². The van der Waals surface area contributed by atoms with Crippen molar-refractivity contribution in [3.63, 3.8) is 0 Å². The number of aryl methyl sites for hydroxylation is 1. The molecule has 6 aromatic rings. The highest BCUT2D eigenvalue weighted by atomic mass is 35.5. The lowest BCUT2D eigenvalue weighted by Crippen LogP contribution is -2.23. The van der Waals surface area contributed by atoms with Crippen LogP contribution in [0.25, 0.3) is 54.1 Å². The van der Waals surface area contributed by atoms with Gasteiger partial charge in [-0.25, -0.2) is 9.97 Å². The number of hydrogen-bond donors (Lipinski definition) is 1. The molecule has 44 heavy (non-hydrogen) atoms. The summed E-state index contributed by atoms with van der Waals surface area (Å²) in [5.41, 5.74) is 6.95. The Kier molecular flexibility index (Phi) is 7.73. The van der Waals surface area contributed by atoms with Crippen molar-refractivity contribution in [2.75, 3.05) is 7.11 Å². The number of halogens is 1. The molecule has 0 fully saturated rings. The van der Waals surface area contributed by atoms with Gasteiger partial charge in [0.25, 0.3) is 0 Å². The fourth-order valence-electron chi connectivity index (χ4n) is 5.24. The normalized spacial score (nSPS) is 11.7. The fraction of sp³-hybridized carbons (Fsp3) is 0.200. The van der Waals surface area contributed by atoms with Crippen LogP contribution >= 0.6 is 22.9 Å². The summed E-state index contributed by atoms with van der Waals surface area (Å²) in [5, 5.41) is 12.2. The van der Waals surface area contributed by atoms with E-state index in [9.17, 15) is 9.90 Å². The molecule has 3 aromatic carbocycles. The van der Waals surface area contributed by atoms with E-state index in [4.69, 9.17) is 26.1 Å². The molecular formula is C35H30ClN3O4S. The van der Waals surface area contributed by atoms with Crippen LogP contribution in [-0.4, -0.2) is 38.7 Å².